The van der Waals surface area contributed by atoms with Gasteiger partial charge in [0.2, 0.25) is 0 Å². The number of halogens is 1. The van der Waals surface area contributed by atoms with E-state index in [1.807, 2.05) is 67.5 Å². The van der Waals surface area contributed by atoms with Crippen molar-refractivity contribution >= 4 is 59.1 Å². The number of nitrogens with zero attached hydrogens (tertiary/aromatic N) is 7. The average molecular weight is 1170 g/mol. The number of hydrogen-bond acceptors (Lipinski definition) is 15. The number of aromatic nitrogens is 3. The first-order chi connectivity index (χ1) is 39.1. The van der Waals surface area contributed by atoms with Gasteiger partial charge in [0.1, 0.15) is 42.2 Å². The van der Waals surface area contributed by atoms with E-state index in [1.54, 1.807) is 77.6 Å². The second-order valence-electron chi connectivity index (χ2n) is 23.3. The Kier molecular flexibility index (Phi) is 24.7. The van der Waals surface area contributed by atoms with Crippen molar-refractivity contribution in [1.29, 1.82) is 0 Å². The monoisotopic (exact) mass is 1170 g/mol. The van der Waals surface area contributed by atoms with Gasteiger partial charge in [0.25, 0.3) is 23.6 Å². The molecule has 5 rings (SSSR count). The van der Waals surface area contributed by atoms with Gasteiger partial charge in [0, 0.05) is 46.1 Å². The highest BCUT2D eigenvalue weighted by molar-refractivity contribution is 6.30. The molecule has 8 atom stereocenters. The van der Waals surface area contributed by atoms with Crippen LogP contribution in [-0.4, -0.2) is 159 Å². The highest BCUT2D eigenvalue weighted by Gasteiger charge is 2.43. The Bertz CT molecular complexity index is 2830. The zero-order valence-corrected chi connectivity index (χ0v) is 51.2. The maximum atomic E-state index is 15.1. The number of benzene rings is 3. The third kappa shape index (κ3) is 19.4. The molecular formula is C62H84ClN7O13. The maximum Gasteiger partial charge on any atom is 0.329 e. The first-order valence-electron chi connectivity index (χ1n) is 28.4. The lowest BCUT2D eigenvalue weighted by molar-refractivity contribution is -0.176. The van der Waals surface area contributed by atoms with Gasteiger partial charge in [-0.2, -0.15) is 0 Å². The van der Waals surface area contributed by atoms with Crippen LogP contribution in [0.4, 0.5) is 0 Å². The summed E-state index contributed by atoms with van der Waals surface area (Å²) in [6, 6.07) is 17.9. The molecule has 0 saturated carbocycles. The van der Waals surface area contributed by atoms with E-state index in [4.69, 9.17) is 35.3 Å². The molecule has 0 spiro atoms. The van der Waals surface area contributed by atoms with Crippen LogP contribution < -0.4 is 4.74 Å². The summed E-state index contributed by atoms with van der Waals surface area (Å²) in [5, 5.41) is 9.01. The van der Waals surface area contributed by atoms with E-state index >= 15 is 4.79 Å². The topological polar surface area (TPSA) is 226 Å². The van der Waals surface area contributed by atoms with Crippen LogP contribution in [0.25, 0.3) is 0 Å². The number of carbonyl (C=O) groups excluding carboxylic acids is 8. The smallest absolute Gasteiger partial charge is 0.329 e. The summed E-state index contributed by atoms with van der Waals surface area (Å²) in [4.78, 5) is 121. The molecule has 2 heterocycles. The Morgan fingerprint density at radius 3 is 1.29 bits per heavy atom. The van der Waals surface area contributed by atoms with Crippen LogP contribution in [0.5, 0.6) is 5.75 Å². The molecule has 0 aliphatic carbocycles. The SMILES string of the molecule is CC(C)C[C@H]1C(=O)O[C@H](Cc2ccc(Cn3cc(COc4cccc(Cl)c4)nn3)cc2)C(=O)N(C)[C@@H](CC(C)C)C(=O)O[C@H](C)C(=O)N(C)[C@@H](CC(C)C)C(=O)O[C@H](Cc2ccccc2)C(=O)N(C)[C@@H](CC(C)C)C(=O)O[C@H](C)C(=O)N1C. The van der Waals surface area contributed by atoms with E-state index in [0.29, 0.717) is 34.1 Å². The molecule has 1 aliphatic rings. The molecule has 4 aromatic rings. The molecule has 0 unspecified atom stereocenters. The number of rotatable bonds is 17. The van der Waals surface area contributed by atoms with Gasteiger partial charge in [0.15, 0.2) is 24.4 Å². The number of carbonyl (C=O) groups is 8. The number of esters is 4. The molecule has 83 heavy (non-hydrogen) atoms. The second kappa shape index (κ2) is 30.8. The highest BCUT2D eigenvalue weighted by Crippen LogP contribution is 2.25. The molecule has 1 fully saturated rings. The molecule has 0 radical (unpaired) electrons. The minimum absolute atomic E-state index is 0.0688. The van der Waals surface area contributed by atoms with E-state index in [0.717, 1.165) is 25.2 Å². The molecule has 0 N–H and O–H groups in total. The normalized spacial score (nSPS) is 22.7. The van der Waals surface area contributed by atoms with Gasteiger partial charge in [-0.1, -0.05) is 133 Å². The van der Waals surface area contributed by atoms with E-state index in [9.17, 15) is 33.6 Å². The van der Waals surface area contributed by atoms with Crippen LogP contribution in [0.3, 0.4) is 0 Å². The summed E-state index contributed by atoms with van der Waals surface area (Å²) in [5.41, 5.74) is 2.62. The quantitative estimate of drug-likeness (QED) is 0.0735. The Labute approximate surface area is 493 Å². The molecule has 452 valence electrons. The molecule has 1 aliphatic heterocycles. The van der Waals surface area contributed by atoms with Crippen LogP contribution >= 0.6 is 11.6 Å². The molecule has 1 saturated heterocycles. The standard InChI is InChI=1S/C62H84ClN7O13/c1-37(2)27-49-59(75)80-42(10)56(72)67(12)52(30-40(7)8)62(78)83-54(32-44-23-25-45(26-24-44)34-70-35-47(64-65-70)36-79-48-22-18-21-46(63)33-48)58(74)69(14)50(28-38(3)4)60(76)81-41(9)55(71)66(11)51(29-39(5)6)61(77)82-53(57(73)68(49)13)31-43-19-16-15-17-20-43/h15-26,33,35,37-42,49-54H,27-32,34,36H2,1-14H3/t41-,42-,49+,50+,51+,52+,53-,54-/m1/s1. The summed E-state index contributed by atoms with van der Waals surface area (Å²) in [7, 11) is 5.54. The summed E-state index contributed by atoms with van der Waals surface area (Å²) in [6.45, 7) is 18.0. The Morgan fingerprint density at radius 2 is 0.880 bits per heavy atom. The molecule has 20 nitrogen and oxygen atoms in total. The summed E-state index contributed by atoms with van der Waals surface area (Å²) in [6.07, 6.45) is -4.24. The van der Waals surface area contributed by atoms with Gasteiger partial charge in [-0.3, -0.25) is 19.2 Å². The third-order valence-electron chi connectivity index (χ3n) is 14.3. The minimum atomic E-state index is -1.57. The zero-order chi connectivity index (χ0) is 61.4. The molecule has 4 amide bonds. The third-order valence-corrected chi connectivity index (χ3v) is 14.5. The van der Waals surface area contributed by atoms with Gasteiger partial charge in [-0.05, 0) is 98.1 Å². The van der Waals surface area contributed by atoms with Crippen molar-refractivity contribution in [2.24, 2.45) is 23.7 Å². The van der Waals surface area contributed by atoms with Crippen molar-refractivity contribution in [3.8, 4) is 5.75 Å². The van der Waals surface area contributed by atoms with Crippen LogP contribution in [0.15, 0.2) is 85.1 Å². The second-order valence-corrected chi connectivity index (χ2v) is 23.7. The van der Waals surface area contributed by atoms with E-state index in [1.165, 1.54) is 42.0 Å². The van der Waals surface area contributed by atoms with Crippen molar-refractivity contribution in [2.75, 3.05) is 28.2 Å². The van der Waals surface area contributed by atoms with Gasteiger partial charge < -0.3 is 43.3 Å². The van der Waals surface area contributed by atoms with Crippen molar-refractivity contribution in [2.45, 2.75) is 169 Å². The van der Waals surface area contributed by atoms with Gasteiger partial charge in [-0.15, -0.1) is 5.10 Å². The lowest BCUT2D eigenvalue weighted by Crippen LogP contribution is -2.55. The van der Waals surface area contributed by atoms with Crippen molar-refractivity contribution in [1.82, 2.24) is 34.6 Å². The number of amides is 4. The summed E-state index contributed by atoms with van der Waals surface area (Å²) >= 11 is 6.10. The fourth-order valence-corrected chi connectivity index (χ4v) is 9.87. The van der Waals surface area contributed by atoms with Crippen molar-refractivity contribution < 1.29 is 62.0 Å². The lowest BCUT2D eigenvalue weighted by Gasteiger charge is -2.35. The Hall–Kier alpha value is -7.35. The zero-order valence-electron chi connectivity index (χ0n) is 50.5. The fourth-order valence-electron chi connectivity index (χ4n) is 9.69. The largest absolute Gasteiger partial charge is 0.487 e. The first-order valence-corrected chi connectivity index (χ1v) is 28.8. The van der Waals surface area contributed by atoms with Crippen LogP contribution in [-0.2, 0) is 83.3 Å². The van der Waals surface area contributed by atoms with Crippen LogP contribution in [0, 0.1) is 23.7 Å². The summed E-state index contributed by atoms with van der Waals surface area (Å²) < 4.78 is 31.6. The number of hydrogen-bond donors (Lipinski definition) is 0. The van der Waals surface area contributed by atoms with Crippen molar-refractivity contribution in [3.05, 3.63) is 112 Å². The molecular weight excluding hydrogens is 1090 g/mol. The average Bonchev–Trinajstić information content (AvgIpc) is 4.09. The Balaban J connectivity index is 1.54. The molecule has 1 aromatic heterocycles. The predicted octanol–water partition coefficient (Wildman–Crippen LogP) is 7.54. The molecule has 0 bridgehead atoms. The molecule has 3 aromatic carbocycles. The maximum absolute atomic E-state index is 15.1. The summed E-state index contributed by atoms with van der Waals surface area (Å²) in [5.74, 6) is -6.90. The highest BCUT2D eigenvalue weighted by atomic mass is 35.5. The van der Waals surface area contributed by atoms with Gasteiger partial charge >= 0.3 is 23.9 Å². The van der Waals surface area contributed by atoms with E-state index in [-0.39, 0.29) is 68.8 Å². The first kappa shape index (κ1) is 66.5. The minimum Gasteiger partial charge on any atom is -0.487 e. The lowest BCUT2D eigenvalue weighted by atomic mass is 9.99. The predicted molar refractivity (Wildman–Crippen MR) is 310 cm³/mol. The molecule has 21 heteroatoms. The number of ether oxygens (including phenoxy) is 5. The van der Waals surface area contributed by atoms with Crippen molar-refractivity contribution in [3.63, 3.8) is 0 Å². The van der Waals surface area contributed by atoms with E-state index < -0.39 is 96.1 Å². The Morgan fingerprint density at radius 1 is 0.494 bits per heavy atom. The van der Waals surface area contributed by atoms with Crippen LogP contribution in [0.2, 0.25) is 5.02 Å². The van der Waals surface area contributed by atoms with Gasteiger partial charge in [-0.25, -0.2) is 23.9 Å². The number of cyclic esters (lactones) is 4. The van der Waals surface area contributed by atoms with E-state index in [2.05, 4.69) is 10.3 Å². The van der Waals surface area contributed by atoms with Crippen LogP contribution in [0.1, 0.15) is 117 Å². The number of likely N-dealkylation sites (N-methyl/N-ethyl adjacent to an activating group) is 4. The van der Waals surface area contributed by atoms with Gasteiger partial charge in [0.05, 0.1) is 12.7 Å². The fraction of sp³-hybridized carbons (Fsp3) is 0.548.